The smallest absolute Gasteiger partial charge is 0.239 e. The van der Waals surface area contributed by atoms with E-state index in [1.165, 1.54) is 0 Å². The Hall–Kier alpha value is -1.55. The Morgan fingerprint density at radius 1 is 1.44 bits per heavy atom. The van der Waals surface area contributed by atoms with Gasteiger partial charge >= 0.3 is 0 Å². The highest BCUT2D eigenvalue weighted by Gasteiger charge is 2.19. The third-order valence-electron chi connectivity index (χ3n) is 3.28. The number of hydrogen-bond acceptors (Lipinski definition) is 3. The zero-order valence-electron chi connectivity index (χ0n) is 10.7. The fraction of sp³-hybridized carbons (Fsp3) is 0.500. The van der Waals surface area contributed by atoms with Gasteiger partial charge in [-0.3, -0.25) is 4.79 Å². The van der Waals surface area contributed by atoms with Crippen molar-refractivity contribution in [2.75, 3.05) is 24.5 Å². The van der Waals surface area contributed by atoms with Crippen molar-refractivity contribution in [1.82, 2.24) is 5.32 Å². The van der Waals surface area contributed by atoms with Gasteiger partial charge in [0.2, 0.25) is 5.91 Å². The van der Waals surface area contributed by atoms with Crippen molar-refractivity contribution >= 4 is 11.6 Å². The lowest BCUT2D eigenvalue weighted by Crippen LogP contribution is -2.33. The summed E-state index contributed by atoms with van der Waals surface area (Å²) in [5.41, 5.74) is 1.89. The molecule has 1 fully saturated rings. The van der Waals surface area contributed by atoms with E-state index in [0.717, 1.165) is 30.8 Å². The molecule has 0 aromatic heterocycles. The molecule has 0 unspecified atom stereocenters. The van der Waals surface area contributed by atoms with Gasteiger partial charge in [0, 0.05) is 24.3 Å². The molecule has 1 aliphatic heterocycles. The normalized spacial score (nSPS) is 18.1. The third-order valence-corrected chi connectivity index (χ3v) is 3.28. The van der Waals surface area contributed by atoms with Crippen molar-refractivity contribution in [2.24, 2.45) is 0 Å². The molecule has 1 aliphatic rings. The molecule has 1 aromatic carbocycles. The lowest BCUT2D eigenvalue weighted by molar-refractivity contribution is -0.119. The van der Waals surface area contributed by atoms with E-state index in [-0.39, 0.29) is 5.91 Å². The minimum atomic E-state index is -0.465. The number of hydrogen-bond donors (Lipinski definition) is 2. The van der Waals surface area contributed by atoms with E-state index in [1.54, 1.807) is 0 Å². The molecule has 1 saturated heterocycles. The summed E-state index contributed by atoms with van der Waals surface area (Å²) < 4.78 is 0. The number of benzene rings is 1. The molecule has 1 atom stereocenters. The average Bonchev–Trinajstić information content (AvgIpc) is 2.62. The molecule has 1 heterocycles. The van der Waals surface area contributed by atoms with Crippen molar-refractivity contribution in [3.05, 3.63) is 29.8 Å². The number of anilines is 1. The fourth-order valence-electron chi connectivity index (χ4n) is 2.29. The topological polar surface area (TPSA) is 52.6 Å². The molecule has 4 nitrogen and oxygen atoms in total. The van der Waals surface area contributed by atoms with E-state index in [4.69, 9.17) is 0 Å². The maximum Gasteiger partial charge on any atom is 0.239 e. The van der Waals surface area contributed by atoms with Crippen LogP contribution < -0.4 is 10.2 Å². The number of aliphatic hydroxyl groups is 1. The minimum absolute atomic E-state index is 0.0493. The fourth-order valence-corrected chi connectivity index (χ4v) is 2.29. The summed E-state index contributed by atoms with van der Waals surface area (Å²) in [6, 6.07) is 7.79. The zero-order valence-corrected chi connectivity index (χ0v) is 10.7. The van der Waals surface area contributed by atoms with Crippen molar-refractivity contribution in [2.45, 2.75) is 25.9 Å². The molecule has 0 saturated carbocycles. The second-order valence-electron chi connectivity index (χ2n) is 4.61. The van der Waals surface area contributed by atoms with Gasteiger partial charge in [-0.15, -0.1) is 0 Å². The van der Waals surface area contributed by atoms with Crippen molar-refractivity contribution < 1.29 is 9.90 Å². The first-order chi connectivity index (χ1) is 8.72. The van der Waals surface area contributed by atoms with E-state index in [1.807, 2.05) is 31.2 Å². The Balaban J connectivity index is 2.28. The summed E-state index contributed by atoms with van der Waals surface area (Å²) in [7, 11) is 0. The van der Waals surface area contributed by atoms with Crippen molar-refractivity contribution in [1.29, 1.82) is 0 Å². The van der Waals surface area contributed by atoms with E-state index in [2.05, 4.69) is 10.2 Å². The third kappa shape index (κ3) is 2.82. The molecule has 0 radical (unpaired) electrons. The summed E-state index contributed by atoms with van der Waals surface area (Å²) in [5.74, 6) is 0.0493. The van der Waals surface area contributed by atoms with E-state index >= 15 is 0 Å². The quantitative estimate of drug-likeness (QED) is 0.851. The van der Waals surface area contributed by atoms with Crippen LogP contribution in [0.3, 0.4) is 0 Å². The summed E-state index contributed by atoms with van der Waals surface area (Å²) in [6.07, 6.45) is 1.15. The second kappa shape index (κ2) is 5.87. The minimum Gasteiger partial charge on any atom is -0.388 e. The SMILES string of the molecule is CC[C@@H](O)c1ccccc1N1CCCNC(=O)C1. The Morgan fingerprint density at radius 2 is 2.22 bits per heavy atom. The number of carbonyl (C=O) groups excluding carboxylic acids is 1. The summed E-state index contributed by atoms with van der Waals surface area (Å²) in [6.45, 7) is 3.89. The molecular weight excluding hydrogens is 228 g/mol. The molecule has 2 rings (SSSR count). The standard InChI is InChI=1S/C14H20N2O2/c1-2-13(17)11-6-3-4-7-12(11)16-9-5-8-15-14(18)10-16/h3-4,6-7,13,17H,2,5,8-10H2,1H3,(H,15,18)/t13-/m1/s1. The van der Waals surface area contributed by atoms with Crippen LogP contribution in [0.25, 0.3) is 0 Å². The number of nitrogens with zero attached hydrogens (tertiary/aromatic N) is 1. The molecule has 98 valence electrons. The van der Waals surface area contributed by atoms with Gasteiger partial charge < -0.3 is 15.3 Å². The number of rotatable bonds is 3. The predicted octanol–water partition coefficient (Wildman–Crippen LogP) is 1.46. The maximum absolute atomic E-state index is 11.6. The highest BCUT2D eigenvalue weighted by atomic mass is 16.3. The van der Waals surface area contributed by atoms with Crippen LogP contribution in [0.2, 0.25) is 0 Å². The molecule has 18 heavy (non-hydrogen) atoms. The average molecular weight is 248 g/mol. The van der Waals surface area contributed by atoms with Gasteiger partial charge in [0.25, 0.3) is 0 Å². The van der Waals surface area contributed by atoms with Crippen LogP contribution >= 0.6 is 0 Å². The number of aliphatic hydroxyl groups excluding tert-OH is 1. The van der Waals surface area contributed by atoms with E-state index < -0.39 is 6.10 Å². The van der Waals surface area contributed by atoms with Gasteiger partial charge in [-0.05, 0) is 18.9 Å². The molecule has 0 aliphatic carbocycles. The molecule has 1 amide bonds. The number of para-hydroxylation sites is 1. The lowest BCUT2D eigenvalue weighted by Gasteiger charge is -2.25. The second-order valence-corrected chi connectivity index (χ2v) is 4.61. The van der Waals surface area contributed by atoms with Gasteiger partial charge in [-0.2, -0.15) is 0 Å². The summed E-state index contributed by atoms with van der Waals surface area (Å²) in [5, 5.41) is 12.9. The van der Waals surface area contributed by atoms with Crippen LogP contribution in [0, 0.1) is 0 Å². The molecule has 0 spiro atoms. The lowest BCUT2D eigenvalue weighted by atomic mass is 10.0. The van der Waals surface area contributed by atoms with Crippen LogP contribution in [-0.4, -0.2) is 30.6 Å². The molecule has 0 bridgehead atoms. The number of nitrogens with one attached hydrogen (secondary N) is 1. The first-order valence-electron chi connectivity index (χ1n) is 6.51. The summed E-state index contributed by atoms with van der Waals surface area (Å²) >= 11 is 0. The first kappa shape index (κ1) is 12.9. The van der Waals surface area contributed by atoms with E-state index in [0.29, 0.717) is 13.0 Å². The predicted molar refractivity (Wildman–Crippen MR) is 71.5 cm³/mol. The molecule has 2 N–H and O–H groups in total. The van der Waals surface area contributed by atoms with Crippen molar-refractivity contribution in [3.63, 3.8) is 0 Å². The van der Waals surface area contributed by atoms with Crippen LogP contribution in [0.15, 0.2) is 24.3 Å². The molecule has 4 heteroatoms. The van der Waals surface area contributed by atoms with Gasteiger partial charge in [-0.1, -0.05) is 25.1 Å². The van der Waals surface area contributed by atoms with Gasteiger partial charge in [0.1, 0.15) is 0 Å². The largest absolute Gasteiger partial charge is 0.388 e. The van der Waals surface area contributed by atoms with Crippen LogP contribution in [-0.2, 0) is 4.79 Å². The van der Waals surface area contributed by atoms with Gasteiger partial charge in [0.05, 0.1) is 12.6 Å². The first-order valence-corrected chi connectivity index (χ1v) is 6.51. The molecule has 1 aromatic rings. The Labute approximate surface area is 108 Å². The van der Waals surface area contributed by atoms with Crippen LogP contribution in [0.4, 0.5) is 5.69 Å². The highest BCUT2D eigenvalue weighted by molar-refractivity contribution is 5.82. The van der Waals surface area contributed by atoms with Gasteiger partial charge in [0.15, 0.2) is 0 Å². The van der Waals surface area contributed by atoms with Crippen LogP contribution in [0.5, 0.6) is 0 Å². The van der Waals surface area contributed by atoms with Crippen LogP contribution in [0.1, 0.15) is 31.4 Å². The van der Waals surface area contributed by atoms with Gasteiger partial charge in [-0.25, -0.2) is 0 Å². The molecular formula is C14H20N2O2. The zero-order chi connectivity index (χ0) is 13.0. The van der Waals surface area contributed by atoms with Crippen molar-refractivity contribution in [3.8, 4) is 0 Å². The highest BCUT2D eigenvalue weighted by Crippen LogP contribution is 2.28. The maximum atomic E-state index is 11.6. The van der Waals surface area contributed by atoms with E-state index in [9.17, 15) is 9.90 Å². The monoisotopic (exact) mass is 248 g/mol. The Morgan fingerprint density at radius 3 is 3.00 bits per heavy atom. The Bertz CT molecular complexity index is 420. The Kier molecular flexibility index (Phi) is 4.20. The summed E-state index contributed by atoms with van der Waals surface area (Å²) in [4.78, 5) is 13.7. The number of carbonyl (C=O) groups is 1. The number of amides is 1.